The van der Waals surface area contributed by atoms with Gasteiger partial charge in [0, 0.05) is 15.7 Å². The summed E-state index contributed by atoms with van der Waals surface area (Å²) in [6.45, 7) is -0.182. The normalized spacial score (nSPS) is 11.1. The van der Waals surface area contributed by atoms with Gasteiger partial charge in [-0.15, -0.1) is 0 Å². The molecule has 0 amide bonds. The van der Waals surface area contributed by atoms with Gasteiger partial charge in [0.15, 0.2) is 0 Å². The largest absolute Gasteiger partial charge is 0.466 e. The van der Waals surface area contributed by atoms with Crippen LogP contribution >= 0.6 is 15.9 Å². The molecule has 0 spiro atoms. The van der Waals surface area contributed by atoms with E-state index in [9.17, 15) is 9.59 Å². The van der Waals surface area contributed by atoms with E-state index in [0.717, 1.165) is 11.6 Å². The van der Waals surface area contributed by atoms with Crippen molar-refractivity contribution in [1.82, 2.24) is 0 Å². The number of methoxy groups -OCH3 is 2. The van der Waals surface area contributed by atoms with Gasteiger partial charge >= 0.3 is 11.9 Å². The van der Waals surface area contributed by atoms with Crippen LogP contribution in [-0.2, 0) is 25.7 Å². The molecule has 0 unspecified atom stereocenters. The SMILES string of the molecule is COC(=O)/C=C(/Nc1ccc(-c2ccc(CO)o2)c(Br)c1)C(=O)OC. The van der Waals surface area contributed by atoms with Gasteiger partial charge in [-0.1, -0.05) is 0 Å². The van der Waals surface area contributed by atoms with E-state index in [1.165, 1.54) is 14.2 Å². The number of hydrogen-bond acceptors (Lipinski definition) is 7. The third-order valence-electron chi connectivity index (χ3n) is 3.20. The van der Waals surface area contributed by atoms with Gasteiger partial charge in [0.05, 0.1) is 20.3 Å². The Bertz CT molecular complexity index is 811. The Labute approximate surface area is 152 Å². The quantitative estimate of drug-likeness (QED) is 0.558. The summed E-state index contributed by atoms with van der Waals surface area (Å²) < 4.78 is 15.4. The van der Waals surface area contributed by atoms with E-state index in [2.05, 4.69) is 30.7 Å². The molecule has 132 valence electrons. The lowest BCUT2D eigenvalue weighted by Crippen LogP contribution is -2.15. The Morgan fingerprint density at radius 3 is 2.56 bits per heavy atom. The molecule has 0 fully saturated rings. The van der Waals surface area contributed by atoms with Crippen LogP contribution in [0.3, 0.4) is 0 Å². The number of hydrogen-bond donors (Lipinski definition) is 2. The Kier molecular flexibility index (Phi) is 6.37. The van der Waals surface area contributed by atoms with Gasteiger partial charge in [0.2, 0.25) is 0 Å². The second-order valence-electron chi connectivity index (χ2n) is 4.82. The van der Waals surface area contributed by atoms with Gasteiger partial charge in [-0.2, -0.15) is 0 Å². The molecular weight excluding hydrogens is 394 g/mol. The van der Waals surface area contributed by atoms with Gasteiger partial charge in [0.25, 0.3) is 0 Å². The topological polar surface area (TPSA) is 98.0 Å². The molecule has 2 aromatic rings. The van der Waals surface area contributed by atoms with Gasteiger partial charge in [-0.05, 0) is 46.3 Å². The number of aliphatic hydroxyl groups is 1. The standard InChI is InChI=1S/C17H16BrNO6/c1-23-16(21)8-14(17(22)24-2)19-10-3-5-12(13(18)7-10)15-6-4-11(9-20)25-15/h3-8,19-20H,9H2,1-2H3/b14-8+. The fourth-order valence-electron chi connectivity index (χ4n) is 1.99. The summed E-state index contributed by atoms with van der Waals surface area (Å²) in [6, 6.07) is 8.61. The van der Waals surface area contributed by atoms with Crippen molar-refractivity contribution in [3.63, 3.8) is 0 Å². The van der Waals surface area contributed by atoms with Crippen LogP contribution in [0.15, 0.2) is 51.0 Å². The minimum Gasteiger partial charge on any atom is -0.466 e. The van der Waals surface area contributed by atoms with E-state index in [0.29, 0.717) is 21.7 Å². The second kappa shape index (κ2) is 8.50. The molecule has 0 aliphatic rings. The van der Waals surface area contributed by atoms with E-state index in [1.807, 2.05) is 0 Å². The molecule has 0 radical (unpaired) electrons. The highest BCUT2D eigenvalue weighted by Crippen LogP contribution is 2.32. The monoisotopic (exact) mass is 409 g/mol. The van der Waals surface area contributed by atoms with Crippen LogP contribution in [0.5, 0.6) is 0 Å². The average molecular weight is 410 g/mol. The summed E-state index contributed by atoms with van der Waals surface area (Å²) in [7, 11) is 2.42. The van der Waals surface area contributed by atoms with Crippen LogP contribution < -0.4 is 5.32 Å². The fraction of sp³-hybridized carbons (Fsp3) is 0.176. The van der Waals surface area contributed by atoms with Crippen LogP contribution in [0.25, 0.3) is 11.3 Å². The number of ether oxygens (including phenoxy) is 2. The molecule has 25 heavy (non-hydrogen) atoms. The Morgan fingerprint density at radius 1 is 1.24 bits per heavy atom. The van der Waals surface area contributed by atoms with Crippen LogP contribution in [0, 0.1) is 0 Å². The predicted octanol–water partition coefficient (Wildman–Crippen LogP) is 2.84. The maximum absolute atomic E-state index is 11.8. The molecule has 0 aliphatic carbocycles. The van der Waals surface area contributed by atoms with E-state index < -0.39 is 11.9 Å². The third-order valence-corrected chi connectivity index (χ3v) is 3.86. The lowest BCUT2D eigenvalue weighted by Gasteiger charge is -2.10. The van der Waals surface area contributed by atoms with Crippen molar-refractivity contribution in [3.05, 3.63) is 52.3 Å². The van der Waals surface area contributed by atoms with E-state index >= 15 is 0 Å². The van der Waals surface area contributed by atoms with E-state index in [1.54, 1.807) is 30.3 Å². The number of aliphatic hydroxyl groups excluding tert-OH is 1. The number of rotatable bonds is 6. The summed E-state index contributed by atoms with van der Waals surface area (Å²) in [5, 5.41) is 11.9. The molecule has 0 atom stereocenters. The minimum atomic E-state index is -0.704. The predicted molar refractivity (Wildman–Crippen MR) is 93.5 cm³/mol. The van der Waals surface area contributed by atoms with Crippen molar-refractivity contribution in [2.75, 3.05) is 19.5 Å². The maximum atomic E-state index is 11.8. The zero-order chi connectivity index (χ0) is 18.4. The van der Waals surface area contributed by atoms with Crippen LogP contribution in [0.4, 0.5) is 5.69 Å². The number of carbonyl (C=O) groups excluding carboxylic acids is 2. The second-order valence-corrected chi connectivity index (χ2v) is 5.67. The molecule has 0 bridgehead atoms. The fourth-order valence-corrected chi connectivity index (χ4v) is 2.56. The Hall–Kier alpha value is -2.58. The first-order valence-corrected chi connectivity index (χ1v) is 7.92. The molecule has 0 aliphatic heterocycles. The molecule has 1 heterocycles. The van der Waals surface area contributed by atoms with Crippen molar-refractivity contribution >= 4 is 33.6 Å². The Balaban J connectivity index is 2.28. The molecular formula is C17H16BrNO6. The number of halogens is 1. The molecule has 8 heteroatoms. The molecule has 2 rings (SSSR count). The average Bonchev–Trinajstić information content (AvgIpc) is 3.09. The molecule has 0 saturated heterocycles. The summed E-state index contributed by atoms with van der Waals surface area (Å²) in [6.07, 6.45) is 1.01. The summed E-state index contributed by atoms with van der Waals surface area (Å²) in [4.78, 5) is 23.1. The highest BCUT2D eigenvalue weighted by atomic mass is 79.9. The summed E-state index contributed by atoms with van der Waals surface area (Å²) in [5.41, 5.74) is 1.25. The van der Waals surface area contributed by atoms with Crippen LogP contribution in [0.2, 0.25) is 0 Å². The summed E-state index contributed by atoms with van der Waals surface area (Å²) in [5.74, 6) is -0.348. The molecule has 1 aromatic carbocycles. The van der Waals surface area contributed by atoms with Crippen LogP contribution in [-0.4, -0.2) is 31.3 Å². The number of furan rings is 1. The van der Waals surface area contributed by atoms with Crippen molar-refractivity contribution in [1.29, 1.82) is 0 Å². The van der Waals surface area contributed by atoms with Gasteiger partial charge in [0.1, 0.15) is 23.8 Å². The van der Waals surface area contributed by atoms with Gasteiger partial charge in [-0.3, -0.25) is 0 Å². The van der Waals surface area contributed by atoms with E-state index in [-0.39, 0.29) is 12.3 Å². The van der Waals surface area contributed by atoms with Crippen molar-refractivity contribution < 1.29 is 28.6 Å². The Morgan fingerprint density at radius 2 is 2.00 bits per heavy atom. The number of esters is 2. The number of anilines is 1. The number of nitrogens with one attached hydrogen (secondary N) is 1. The maximum Gasteiger partial charge on any atom is 0.354 e. The van der Waals surface area contributed by atoms with Crippen molar-refractivity contribution in [3.8, 4) is 11.3 Å². The molecule has 1 aromatic heterocycles. The molecule has 2 N–H and O–H groups in total. The van der Waals surface area contributed by atoms with Gasteiger partial charge < -0.3 is 24.3 Å². The number of carbonyl (C=O) groups is 2. The van der Waals surface area contributed by atoms with Crippen molar-refractivity contribution in [2.45, 2.75) is 6.61 Å². The summed E-state index contributed by atoms with van der Waals surface area (Å²) >= 11 is 3.43. The van der Waals surface area contributed by atoms with Crippen LogP contribution in [0.1, 0.15) is 5.76 Å². The lowest BCUT2D eigenvalue weighted by atomic mass is 10.1. The smallest absolute Gasteiger partial charge is 0.354 e. The first kappa shape index (κ1) is 18.8. The first-order chi connectivity index (χ1) is 12.0. The molecule has 7 nitrogen and oxygen atoms in total. The van der Waals surface area contributed by atoms with E-state index in [4.69, 9.17) is 9.52 Å². The molecule has 0 saturated carbocycles. The zero-order valence-electron chi connectivity index (χ0n) is 13.5. The highest BCUT2D eigenvalue weighted by Gasteiger charge is 2.14. The number of benzene rings is 1. The zero-order valence-corrected chi connectivity index (χ0v) is 15.1. The highest BCUT2D eigenvalue weighted by molar-refractivity contribution is 9.10. The van der Waals surface area contributed by atoms with Gasteiger partial charge in [-0.25, -0.2) is 9.59 Å². The minimum absolute atomic E-state index is 0.0606. The third kappa shape index (κ3) is 4.71. The van der Waals surface area contributed by atoms with Crippen molar-refractivity contribution in [2.24, 2.45) is 0 Å². The first-order valence-electron chi connectivity index (χ1n) is 7.13. The lowest BCUT2D eigenvalue weighted by molar-refractivity contribution is -0.138.